The van der Waals surface area contributed by atoms with Gasteiger partial charge >= 0.3 is 5.97 Å². The molecule has 0 unspecified atom stereocenters. The normalized spacial score (nSPS) is 11.5. The van der Waals surface area contributed by atoms with Crippen molar-refractivity contribution in [2.45, 2.75) is 19.9 Å². The van der Waals surface area contributed by atoms with Crippen LogP contribution < -0.4 is 10.6 Å². The van der Waals surface area contributed by atoms with Crippen molar-refractivity contribution in [2.75, 3.05) is 13.2 Å². The quantitative estimate of drug-likeness (QED) is 0.504. The Bertz CT molecular complexity index is 1110. The van der Waals surface area contributed by atoms with E-state index in [1.165, 1.54) is 12.1 Å². The number of para-hydroxylation sites is 1. The molecule has 0 aliphatic carbocycles. The van der Waals surface area contributed by atoms with Gasteiger partial charge in [0.15, 0.2) is 6.61 Å². The van der Waals surface area contributed by atoms with Crippen LogP contribution >= 0.6 is 0 Å². The van der Waals surface area contributed by atoms with Crippen molar-refractivity contribution < 1.29 is 24.2 Å². The van der Waals surface area contributed by atoms with Crippen molar-refractivity contribution in [3.8, 4) is 17.0 Å². The molecule has 8 nitrogen and oxygen atoms in total. The van der Waals surface area contributed by atoms with Gasteiger partial charge in [0.1, 0.15) is 11.8 Å². The molecular formula is C23H23N3O5. The molecule has 8 heteroatoms. The first-order chi connectivity index (χ1) is 14.9. The van der Waals surface area contributed by atoms with E-state index in [9.17, 15) is 19.5 Å². The fourth-order valence-electron chi connectivity index (χ4n) is 3.01. The van der Waals surface area contributed by atoms with Crippen LogP contribution in [0.15, 0.2) is 54.6 Å². The van der Waals surface area contributed by atoms with Gasteiger partial charge in [-0.2, -0.15) is 0 Å². The molecule has 3 N–H and O–H groups in total. The molecule has 3 aromatic rings. The summed E-state index contributed by atoms with van der Waals surface area (Å²) >= 11 is 0. The molecule has 2 amide bonds. The lowest BCUT2D eigenvalue weighted by Crippen LogP contribution is -2.46. The van der Waals surface area contributed by atoms with Crippen molar-refractivity contribution in [2.24, 2.45) is 0 Å². The minimum Gasteiger partial charge on any atom is -0.508 e. The Labute approximate surface area is 179 Å². The number of esters is 1. The number of hydrogen-bond donors (Lipinski definition) is 3. The monoisotopic (exact) mass is 421 g/mol. The maximum atomic E-state index is 12.8. The number of fused-ring (bicyclic) bond motifs is 1. The van der Waals surface area contributed by atoms with E-state index in [1.807, 2.05) is 0 Å². The number of likely N-dealkylation sites (N-methyl/N-ethyl adjacent to an activating group) is 1. The molecule has 0 fully saturated rings. The zero-order valence-corrected chi connectivity index (χ0v) is 17.2. The highest BCUT2D eigenvalue weighted by atomic mass is 16.5. The Hall–Kier alpha value is -3.94. The number of aromatic hydroxyl groups is 1. The highest BCUT2D eigenvalue weighted by Crippen LogP contribution is 2.26. The number of rotatable bonds is 7. The summed E-state index contributed by atoms with van der Waals surface area (Å²) in [7, 11) is 0. The Morgan fingerprint density at radius 1 is 1.10 bits per heavy atom. The highest BCUT2D eigenvalue weighted by molar-refractivity contribution is 6.05. The van der Waals surface area contributed by atoms with E-state index in [0.717, 1.165) is 0 Å². The summed E-state index contributed by atoms with van der Waals surface area (Å²) in [6, 6.07) is 14.4. The van der Waals surface area contributed by atoms with Gasteiger partial charge in [0.05, 0.1) is 16.8 Å². The smallest absolute Gasteiger partial charge is 0.339 e. The van der Waals surface area contributed by atoms with Gasteiger partial charge in [-0.1, -0.05) is 18.2 Å². The van der Waals surface area contributed by atoms with Crippen LogP contribution in [0.5, 0.6) is 5.75 Å². The number of hydrogen-bond acceptors (Lipinski definition) is 6. The number of phenolic OH excluding ortho intramolecular Hbond substituents is 1. The van der Waals surface area contributed by atoms with Gasteiger partial charge in [0.25, 0.3) is 5.91 Å². The predicted octanol–water partition coefficient (Wildman–Crippen LogP) is 2.41. The minimum absolute atomic E-state index is 0.122. The first-order valence-corrected chi connectivity index (χ1v) is 9.82. The first kappa shape index (κ1) is 21.8. The summed E-state index contributed by atoms with van der Waals surface area (Å²) in [4.78, 5) is 41.1. The van der Waals surface area contributed by atoms with Crippen LogP contribution in [-0.2, 0) is 14.3 Å². The van der Waals surface area contributed by atoms with Crippen molar-refractivity contribution in [1.82, 2.24) is 15.6 Å². The molecule has 1 atom stereocenters. The Morgan fingerprint density at radius 3 is 2.52 bits per heavy atom. The van der Waals surface area contributed by atoms with Gasteiger partial charge < -0.3 is 20.5 Å². The van der Waals surface area contributed by atoms with Crippen LogP contribution in [0.4, 0.5) is 0 Å². The van der Waals surface area contributed by atoms with Crippen LogP contribution in [0.2, 0.25) is 0 Å². The molecule has 2 aromatic carbocycles. The van der Waals surface area contributed by atoms with Crippen LogP contribution in [-0.4, -0.2) is 47.1 Å². The van der Waals surface area contributed by atoms with Gasteiger partial charge in [0.2, 0.25) is 5.91 Å². The maximum absolute atomic E-state index is 12.8. The third-order valence-corrected chi connectivity index (χ3v) is 4.56. The summed E-state index contributed by atoms with van der Waals surface area (Å²) in [6.45, 7) is 3.25. The van der Waals surface area contributed by atoms with E-state index in [-0.39, 0.29) is 17.2 Å². The summed E-state index contributed by atoms with van der Waals surface area (Å²) in [5, 5.41) is 15.2. The Kier molecular flexibility index (Phi) is 6.81. The number of amides is 2. The number of benzene rings is 2. The second-order valence-corrected chi connectivity index (χ2v) is 6.88. The number of aromatic nitrogens is 1. The van der Waals surface area contributed by atoms with Crippen LogP contribution in [0.25, 0.3) is 22.2 Å². The number of carbonyl (C=O) groups is 3. The van der Waals surface area contributed by atoms with Gasteiger partial charge in [-0.05, 0) is 50.2 Å². The van der Waals surface area contributed by atoms with Crippen LogP contribution in [0.1, 0.15) is 24.2 Å². The zero-order chi connectivity index (χ0) is 22.4. The molecule has 0 saturated heterocycles. The molecule has 0 aliphatic rings. The van der Waals surface area contributed by atoms with Crippen LogP contribution in [0, 0.1) is 0 Å². The molecule has 0 aliphatic heterocycles. The largest absolute Gasteiger partial charge is 0.508 e. The fourth-order valence-corrected chi connectivity index (χ4v) is 3.01. The summed E-state index contributed by atoms with van der Waals surface area (Å²) < 4.78 is 5.20. The van der Waals surface area contributed by atoms with E-state index in [1.54, 1.807) is 56.3 Å². The SMILES string of the molecule is CCNC(=O)[C@H](C)NC(=O)COC(=O)c1cc(-c2ccc(O)cc2)nc2ccccc12. The Balaban J connectivity index is 1.79. The number of ether oxygens (including phenoxy) is 1. The molecule has 31 heavy (non-hydrogen) atoms. The predicted molar refractivity (Wildman–Crippen MR) is 115 cm³/mol. The molecule has 0 spiro atoms. The van der Waals surface area contributed by atoms with Crippen molar-refractivity contribution in [3.05, 3.63) is 60.2 Å². The van der Waals surface area contributed by atoms with E-state index in [2.05, 4.69) is 15.6 Å². The molecule has 1 heterocycles. The van der Waals surface area contributed by atoms with Crippen molar-refractivity contribution in [3.63, 3.8) is 0 Å². The average molecular weight is 421 g/mol. The van der Waals surface area contributed by atoms with Gasteiger partial charge in [-0.25, -0.2) is 9.78 Å². The van der Waals surface area contributed by atoms with E-state index in [0.29, 0.717) is 28.7 Å². The fraction of sp³-hybridized carbons (Fsp3) is 0.217. The van der Waals surface area contributed by atoms with E-state index in [4.69, 9.17) is 4.74 Å². The van der Waals surface area contributed by atoms with Gasteiger partial charge in [-0.15, -0.1) is 0 Å². The topological polar surface area (TPSA) is 118 Å². The second kappa shape index (κ2) is 9.71. The Morgan fingerprint density at radius 2 is 1.81 bits per heavy atom. The third-order valence-electron chi connectivity index (χ3n) is 4.56. The lowest BCUT2D eigenvalue weighted by atomic mass is 10.0. The van der Waals surface area contributed by atoms with Crippen molar-refractivity contribution >= 4 is 28.7 Å². The zero-order valence-electron chi connectivity index (χ0n) is 17.2. The van der Waals surface area contributed by atoms with Crippen molar-refractivity contribution in [1.29, 1.82) is 0 Å². The molecule has 160 valence electrons. The van der Waals surface area contributed by atoms with E-state index >= 15 is 0 Å². The molecule has 0 radical (unpaired) electrons. The number of carbonyl (C=O) groups excluding carboxylic acids is 3. The molecular weight excluding hydrogens is 398 g/mol. The lowest BCUT2D eigenvalue weighted by Gasteiger charge is -2.14. The maximum Gasteiger partial charge on any atom is 0.339 e. The summed E-state index contributed by atoms with van der Waals surface area (Å²) in [5.74, 6) is -1.46. The summed E-state index contributed by atoms with van der Waals surface area (Å²) in [6.07, 6.45) is 0. The molecule has 3 rings (SSSR count). The number of nitrogens with zero attached hydrogens (tertiary/aromatic N) is 1. The molecule has 0 bridgehead atoms. The van der Waals surface area contributed by atoms with Gasteiger partial charge in [0, 0.05) is 17.5 Å². The number of pyridine rings is 1. The molecule has 0 saturated carbocycles. The van der Waals surface area contributed by atoms with Gasteiger partial charge in [-0.3, -0.25) is 9.59 Å². The average Bonchev–Trinajstić information content (AvgIpc) is 2.77. The second-order valence-electron chi connectivity index (χ2n) is 6.88. The lowest BCUT2D eigenvalue weighted by molar-refractivity contribution is -0.130. The van der Waals surface area contributed by atoms with E-state index < -0.39 is 24.5 Å². The summed E-state index contributed by atoms with van der Waals surface area (Å²) in [5.41, 5.74) is 2.10. The highest BCUT2D eigenvalue weighted by Gasteiger charge is 2.19. The number of nitrogens with one attached hydrogen (secondary N) is 2. The minimum atomic E-state index is -0.742. The third kappa shape index (κ3) is 5.36. The molecule has 1 aromatic heterocycles. The first-order valence-electron chi connectivity index (χ1n) is 9.82. The number of phenols is 1. The standard InChI is InChI=1S/C23H23N3O5/c1-3-24-22(29)14(2)25-21(28)13-31-23(30)18-12-20(15-8-10-16(27)11-9-15)26-19-7-5-4-6-17(18)19/h4-12,14,27H,3,13H2,1-2H3,(H,24,29)(H,25,28)/t14-/m0/s1. The van der Waals surface area contributed by atoms with Crippen LogP contribution in [0.3, 0.4) is 0 Å².